The molecule has 1 saturated carbocycles. The van der Waals surface area contributed by atoms with E-state index in [1.165, 1.54) is 24.8 Å². The topological polar surface area (TPSA) is 57.2 Å². The Kier molecular flexibility index (Phi) is 6.36. The van der Waals surface area contributed by atoms with E-state index >= 15 is 0 Å². The highest BCUT2D eigenvalue weighted by Gasteiger charge is 2.52. The molecule has 1 spiro atoms. The Bertz CT molecular complexity index is 975. The number of nitrogens with one attached hydrogen (secondary N) is 1. The van der Waals surface area contributed by atoms with Crippen molar-refractivity contribution in [3.05, 3.63) is 60.2 Å². The van der Waals surface area contributed by atoms with Crippen LogP contribution in [-0.4, -0.2) is 48.5 Å². The first-order valence-corrected chi connectivity index (χ1v) is 12.3. The van der Waals surface area contributed by atoms with Gasteiger partial charge in [0.25, 0.3) is 0 Å². The van der Waals surface area contributed by atoms with Crippen LogP contribution in [0.3, 0.4) is 0 Å². The molecule has 2 fully saturated rings. The molecule has 0 unspecified atom stereocenters. The number of methoxy groups -OCH3 is 1. The predicted molar refractivity (Wildman–Crippen MR) is 132 cm³/mol. The van der Waals surface area contributed by atoms with Crippen LogP contribution in [0.1, 0.15) is 50.5 Å². The molecule has 33 heavy (non-hydrogen) atoms. The standard InChI is InChI=1S/C27H34N4O2/c1-33-24-14-12-23(13-15-24)31-26(32)29-25(28-22-10-6-3-7-11-22)27(31)16-18-30(19-17-27)20-21-8-4-2-5-9-21/h2,4-5,8-9,12-15,22H,3,6-7,10-11,16-20H2,1H3,(H,28,29,32). The summed E-state index contributed by atoms with van der Waals surface area (Å²) in [6.45, 7) is 2.80. The molecule has 174 valence electrons. The molecule has 5 rings (SSSR count). The number of ether oxygens (including phenoxy) is 1. The number of benzene rings is 2. The van der Waals surface area contributed by atoms with E-state index in [4.69, 9.17) is 4.74 Å². The van der Waals surface area contributed by atoms with Crippen LogP contribution < -0.4 is 15.0 Å². The van der Waals surface area contributed by atoms with Crippen LogP contribution in [0.15, 0.2) is 59.6 Å². The molecule has 0 atom stereocenters. The quantitative estimate of drug-likeness (QED) is 0.703. The smallest absolute Gasteiger partial charge is 0.350 e. The number of likely N-dealkylation sites (tertiary alicyclic amines) is 1. The van der Waals surface area contributed by atoms with Gasteiger partial charge in [-0.15, -0.1) is 0 Å². The molecule has 2 amide bonds. The first kappa shape index (κ1) is 22.0. The van der Waals surface area contributed by atoms with Gasteiger partial charge in [0, 0.05) is 31.4 Å². The summed E-state index contributed by atoms with van der Waals surface area (Å²) in [4.78, 5) is 22.3. The Labute approximate surface area is 196 Å². The predicted octanol–water partition coefficient (Wildman–Crippen LogP) is 4.99. The zero-order valence-corrected chi connectivity index (χ0v) is 19.5. The van der Waals surface area contributed by atoms with E-state index < -0.39 is 5.54 Å². The van der Waals surface area contributed by atoms with Crippen molar-refractivity contribution >= 4 is 17.6 Å². The summed E-state index contributed by atoms with van der Waals surface area (Å²) in [6.07, 6.45) is 7.86. The highest BCUT2D eigenvalue weighted by molar-refractivity contribution is 6.16. The van der Waals surface area contributed by atoms with Crippen LogP contribution in [0.5, 0.6) is 5.75 Å². The number of carbonyl (C=O) groups excluding carboxylic acids is 1. The zero-order valence-electron chi connectivity index (χ0n) is 19.5. The van der Waals surface area contributed by atoms with Gasteiger partial charge >= 0.3 is 6.03 Å². The number of carbonyl (C=O) groups is 1. The summed E-state index contributed by atoms with van der Waals surface area (Å²) in [7, 11) is 1.66. The summed E-state index contributed by atoms with van der Waals surface area (Å²) in [5.41, 5.74) is 1.81. The molecule has 2 aromatic rings. The second-order valence-electron chi connectivity index (χ2n) is 9.55. The first-order valence-electron chi connectivity index (χ1n) is 12.3. The molecule has 2 aromatic carbocycles. The molecule has 1 aliphatic carbocycles. The fourth-order valence-electron chi connectivity index (χ4n) is 5.62. The minimum Gasteiger partial charge on any atom is -0.497 e. The van der Waals surface area contributed by atoms with Crippen LogP contribution in [0.4, 0.5) is 10.5 Å². The number of piperidine rings is 1. The third kappa shape index (κ3) is 4.49. The van der Waals surface area contributed by atoms with Crippen LogP contribution in [0, 0.1) is 0 Å². The van der Waals surface area contributed by atoms with E-state index in [0.29, 0.717) is 6.04 Å². The van der Waals surface area contributed by atoms with E-state index in [9.17, 15) is 4.79 Å². The zero-order chi connectivity index (χ0) is 22.7. The molecule has 0 aromatic heterocycles. The molecule has 6 heteroatoms. The largest absolute Gasteiger partial charge is 0.497 e. The van der Waals surface area contributed by atoms with Crippen LogP contribution in [-0.2, 0) is 6.54 Å². The van der Waals surface area contributed by atoms with Crippen molar-refractivity contribution in [2.45, 2.75) is 63.1 Å². The minimum absolute atomic E-state index is 0.157. The van der Waals surface area contributed by atoms with Crippen molar-refractivity contribution in [3.63, 3.8) is 0 Å². The number of rotatable bonds is 5. The van der Waals surface area contributed by atoms with Gasteiger partial charge in [-0.1, -0.05) is 49.6 Å². The van der Waals surface area contributed by atoms with Crippen LogP contribution >= 0.6 is 0 Å². The number of urea groups is 1. The first-order chi connectivity index (χ1) is 16.2. The molecule has 1 saturated heterocycles. The minimum atomic E-state index is -0.406. The highest BCUT2D eigenvalue weighted by Crippen LogP contribution is 2.39. The van der Waals surface area contributed by atoms with Gasteiger partial charge in [-0.05, 0) is 55.5 Å². The third-order valence-electron chi connectivity index (χ3n) is 7.48. The lowest BCUT2D eigenvalue weighted by Gasteiger charge is -2.45. The molecule has 3 aliphatic rings. The molecule has 2 aliphatic heterocycles. The average molecular weight is 447 g/mol. The number of hydrogen-bond acceptors (Lipinski definition) is 4. The molecule has 0 radical (unpaired) electrons. The number of nitrogens with zero attached hydrogens (tertiary/aromatic N) is 3. The Morgan fingerprint density at radius 3 is 2.36 bits per heavy atom. The number of amides is 2. The number of anilines is 1. The van der Waals surface area contributed by atoms with Crippen molar-refractivity contribution in [2.24, 2.45) is 4.99 Å². The fourth-order valence-corrected chi connectivity index (χ4v) is 5.62. The maximum absolute atomic E-state index is 13.3. The van der Waals surface area contributed by atoms with Gasteiger partial charge in [-0.25, -0.2) is 4.79 Å². The average Bonchev–Trinajstić information content (AvgIpc) is 3.12. The summed E-state index contributed by atoms with van der Waals surface area (Å²) in [6, 6.07) is 18.7. The highest BCUT2D eigenvalue weighted by atomic mass is 16.5. The fraction of sp³-hybridized carbons (Fsp3) is 0.481. The van der Waals surface area contributed by atoms with E-state index in [1.54, 1.807) is 7.11 Å². The monoisotopic (exact) mass is 446 g/mol. The lowest BCUT2D eigenvalue weighted by Crippen LogP contribution is -2.62. The number of aliphatic imine (C=N–C) groups is 1. The van der Waals surface area contributed by atoms with Gasteiger partial charge in [0.1, 0.15) is 17.1 Å². The van der Waals surface area contributed by atoms with Gasteiger partial charge in [-0.2, -0.15) is 4.99 Å². The van der Waals surface area contributed by atoms with E-state index in [2.05, 4.69) is 45.5 Å². The Balaban J connectivity index is 1.39. The Morgan fingerprint density at radius 1 is 1.00 bits per heavy atom. The summed E-state index contributed by atoms with van der Waals surface area (Å²) in [5, 5.41) is 3.74. The van der Waals surface area contributed by atoms with E-state index in [1.807, 2.05) is 29.2 Å². The molecule has 1 N–H and O–H groups in total. The number of hydrogen-bond donors (Lipinski definition) is 1. The van der Waals surface area contributed by atoms with Gasteiger partial charge in [0.15, 0.2) is 0 Å². The lowest BCUT2D eigenvalue weighted by atomic mass is 9.83. The van der Waals surface area contributed by atoms with Crippen LogP contribution in [0.2, 0.25) is 0 Å². The van der Waals surface area contributed by atoms with Gasteiger partial charge in [0.05, 0.1) is 7.11 Å². The van der Waals surface area contributed by atoms with Crippen molar-refractivity contribution < 1.29 is 9.53 Å². The molecule has 0 bridgehead atoms. The maximum Gasteiger partial charge on any atom is 0.350 e. The Morgan fingerprint density at radius 2 is 1.70 bits per heavy atom. The van der Waals surface area contributed by atoms with Crippen LogP contribution in [0.25, 0.3) is 0 Å². The summed E-state index contributed by atoms with van der Waals surface area (Å²) >= 11 is 0. The third-order valence-corrected chi connectivity index (χ3v) is 7.48. The Hall–Kier alpha value is -2.86. The van der Waals surface area contributed by atoms with Gasteiger partial charge in [0.2, 0.25) is 0 Å². The second-order valence-corrected chi connectivity index (χ2v) is 9.55. The van der Waals surface area contributed by atoms with Crippen molar-refractivity contribution in [2.75, 3.05) is 25.1 Å². The molecule has 2 heterocycles. The second kappa shape index (κ2) is 9.56. The van der Waals surface area contributed by atoms with Crippen molar-refractivity contribution in [1.82, 2.24) is 10.2 Å². The van der Waals surface area contributed by atoms with E-state index in [-0.39, 0.29) is 6.03 Å². The van der Waals surface area contributed by atoms with E-state index in [0.717, 1.165) is 62.6 Å². The maximum atomic E-state index is 13.3. The van der Waals surface area contributed by atoms with Crippen molar-refractivity contribution in [1.29, 1.82) is 0 Å². The number of amidine groups is 1. The summed E-state index contributed by atoms with van der Waals surface area (Å²) < 4.78 is 5.34. The molecular formula is C27H34N4O2. The van der Waals surface area contributed by atoms with Crippen molar-refractivity contribution in [3.8, 4) is 5.75 Å². The van der Waals surface area contributed by atoms with Gasteiger partial charge in [-0.3, -0.25) is 9.80 Å². The van der Waals surface area contributed by atoms with Gasteiger partial charge < -0.3 is 10.1 Å². The normalized spacial score (nSPS) is 21.3. The molecule has 6 nitrogen and oxygen atoms in total. The molecular weight excluding hydrogens is 412 g/mol. The summed E-state index contributed by atoms with van der Waals surface area (Å²) in [5.74, 6) is 1.67. The SMILES string of the molecule is COc1ccc(N2C(=O)N=C(NC3CCCCC3)C23CCN(Cc2ccccc2)CC3)cc1. The lowest BCUT2D eigenvalue weighted by molar-refractivity contribution is 0.181.